The molecule has 34 nitrogen and oxygen atoms in total. The number of carbonyl (C=O) groups is 8. The van der Waals surface area contributed by atoms with Gasteiger partial charge in [-0.2, -0.15) is 0 Å². The number of rotatable bonds is 17. The first kappa shape index (κ1) is 84.3. The van der Waals surface area contributed by atoms with Crippen LogP contribution in [0.3, 0.4) is 0 Å². The summed E-state index contributed by atoms with van der Waals surface area (Å²) in [6.45, 7) is 8.03. The zero-order valence-corrected chi connectivity index (χ0v) is 64.6. The van der Waals surface area contributed by atoms with E-state index in [1.165, 1.54) is 12.1 Å². The molecule has 10 unspecified atom stereocenters. The van der Waals surface area contributed by atoms with Crippen molar-refractivity contribution in [1.29, 1.82) is 0 Å². The largest absolute Gasteiger partial charge is 0.508 e. The Labute approximate surface area is 676 Å². The molecule has 7 aliphatic rings. The highest BCUT2D eigenvalue weighted by molar-refractivity contribution is 6.32. The molecule has 0 aliphatic carbocycles. The Balaban J connectivity index is 1.05. The number of hydrogen-bond donors (Lipinski definition) is 17. The number of nitrogens with zero attached hydrogens (tertiary/aromatic N) is 3. The molecule has 37 heteroatoms. The Morgan fingerprint density at radius 2 is 1.28 bits per heavy atom. The van der Waals surface area contributed by atoms with Crippen LogP contribution in [0.15, 0.2) is 133 Å². The van der Waals surface area contributed by atoms with Crippen LogP contribution in [-0.2, 0) is 59.1 Å². The smallest absolute Gasteiger partial charge is 0.330 e. The minimum absolute atomic E-state index is 0.0544. The Bertz CT molecular complexity index is 5020. The van der Waals surface area contributed by atoms with E-state index in [0.29, 0.717) is 5.02 Å². The van der Waals surface area contributed by atoms with Crippen molar-refractivity contribution < 1.29 is 113 Å². The molecule has 0 aromatic heterocycles. The fraction of sp³-hybridized carbons (Fsp3) is 0.367. The number of nitrogens with two attached hydrogens (primary N) is 1. The van der Waals surface area contributed by atoms with Gasteiger partial charge in [0.1, 0.15) is 83.4 Å². The highest BCUT2D eigenvalue weighted by atomic mass is 35.5. The van der Waals surface area contributed by atoms with E-state index in [9.17, 15) is 75.5 Å². The normalized spacial score (nSPS) is 27.0. The van der Waals surface area contributed by atoms with Crippen LogP contribution in [0.4, 0.5) is 0 Å². The molecule has 7 amide bonds. The molecule has 7 heterocycles. The second kappa shape index (κ2) is 35.2. The lowest BCUT2D eigenvalue weighted by atomic mass is 9.84. The number of carboxylic acids is 1. The van der Waals surface area contributed by atoms with Gasteiger partial charge in [-0.15, -0.1) is 0 Å². The molecule has 0 spiro atoms. The fourth-order valence-electron chi connectivity index (χ4n) is 14.5. The topological polar surface area (TPSA) is 533 Å². The summed E-state index contributed by atoms with van der Waals surface area (Å²) in [5.41, 5.74) is 13.9. The summed E-state index contributed by atoms with van der Waals surface area (Å²) in [7, 11) is 0. The molecule has 18 N–H and O–H groups in total. The van der Waals surface area contributed by atoms with Crippen molar-refractivity contribution in [3.8, 4) is 68.2 Å². The van der Waals surface area contributed by atoms with Crippen LogP contribution < -0.4 is 57.2 Å². The third kappa shape index (κ3) is 18.4. The van der Waals surface area contributed by atoms with Crippen LogP contribution in [0, 0.1) is 11.8 Å². The summed E-state index contributed by atoms with van der Waals surface area (Å²) in [4.78, 5) is 121. The summed E-state index contributed by atoms with van der Waals surface area (Å²) < 4.78 is 39.7. The number of aromatic hydroxyl groups is 3. The van der Waals surface area contributed by atoms with E-state index in [4.69, 9.17) is 69.0 Å². The lowest BCUT2D eigenvalue weighted by Crippen LogP contribution is -2.65. The number of halogens is 3. The van der Waals surface area contributed by atoms with E-state index < -0.39 is 237 Å². The third-order valence-corrected chi connectivity index (χ3v) is 21.4. The lowest BCUT2D eigenvalue weighted by Gasteiger charge is -2.48. The van der Waals surface area contributed by atoms with Gasteiger partial charge in [-0.3, -0.25) is 33.6 Å². The maximum atomic E-state index is 16.2. The number of aliphatic carboxylic acids is 1. The standard InChI is InChI=1S/C79H82Cl3N11O23/c1-32(2)20-33(3)71(103)91-62-64(98)39-13-18-51(46(81)22-39)112-53-24-41-25-54(68(53)116-78-69(67(101)66(100)55(114-78)31-86-93-84)115-57-29-79(5,70(102)34(4)111-57)85-30-35-6-8-36(9-7-35)37-10-15-42(80)16-11-37)113-52-19-14-40(23-47(52)82)65(99)63-76(108)90-61(77(109)110)45-26-43(94)27-50(96)58(45)44-21-38(12-17-49(44)95)59(73(105)92-63)89-74(106)60(41)88-72(104)48(28-56(83)97)87-75(62)107/h6-19,21-27,32-34,48,55,57,59-67,69-70,78,85,94-96,98-102H,20,28-31H2,1-5H3,(H2,83,97)(H,87,107)(H,88,104)(H,89,106)(H,90,108)(H,91,103)(H,92,105)(H,109,110)/t33-,34?,48-,55?,57?,59?,60+,61+,62+,63-,64+,65+,66?,67?,69?,70?,78?,79?/m0/s1. The van der Waals surface area contributed by atoms with Gasteiger partial charge in [-0.1, -0.05) is 115 Å². The zero-order valence-electron chi connectivity index (χ0n) is 62.3. The number of hydrogen-bond acceptors (Lipinski definition) is 24. The van der Waals surface area contributed by atoms with E-state index in [1.807, 2.05) is 50.2 Å². The number of primary amides is 1. The van der Waals surface area contributed by atoms with E-state index in [0.717, 1.165) is 83.4 Å². The molecule has 0 radical (unpaired) electrons. The maximum Gasteiger partial charge on any atom is 0.330 e. The van der Waals surface area contributed by atoms with Gasteiger partial charge in [-0.25, -0.2) is 4.79 Å². The number of fused-ring (bicyclic) bond motifs is 15. The molecule has 612 valence electrons. The molecule has 0 saturated carbocycles. The number of nitrogens with one attached hydrogen (secondary N) is 7. The van der Waals surface area contributed by atoms with Crippen LogP contribution in [0.2, 0.25) is 15.1 Å². The average Bonchev–Trinajstić information content (AvgIpc) is 0.765. The fourth-order valence-corrected chi connectivity index (χ4v) is 15.1. The van der Waals surface area contributed by atoms with Gasteiger partial charge in [0.2, 0.25) is 53.4 Å². The van der Waals surface area contributed by atoms with Gasteiger partial charge in [0.05, 0.1) is 41.3 Å². The molecule has 2 fully saturated rings. The van der Waals surface area contributed by atoms with E-state index >= 15 is 14.4 Å². The van der Waals surface area contributed by atoms with Gasteiger partial charge in [-0.05, 0) is 137 Å². The van der Waals surface area contributed by atoms with Crippen LogP contribution in [-0.4, -0.2) is 173 Å². The number of carbonyl (C=O) groups excluding carboxylic acids is 7. The highest BCUT2D eigenvalue weighted by Gasteiger charge is 2.52. The number of ether oxygens (including phenoxy) is 6. The Kier molecular flexibility index (Phi) is 25.6. The first-order valence-corrected chi connectivity index (χ1v) is 37.7. The van der Waals surface area contributed by atoms with Gasteiger partial charge in [0, 0.05) is 57.1 Å². The molecule has 2 saturated heterocycles. The Morgan fingerprint density at radius 3 is 1.90 bits per heavy atom. The quantitative estimate of drug-likeness (QED) is 0.0258. The van der Waals surface area contributed by atoms with Crippen molar-refractivity contribution in [2.45, 2.75) is 164 Å². The van der Waals surface area contributed by atoms with Gasteiger partial charge in [0.25, 0.3) is 0 Å². The molecule has 7 aliphatic heterocycles. The number of phenolic OH excluding ortho intramolecular Hbond substituents is 3. The highest BCUT2D eigenvalue weighted by Crippen LogP contribution is 2.50. The summed E-state index contributed by atoms with van der Waals surface area (Å²) in [6.07, 6.45) is -18.6. The summed E-state index contributed by atoms with van der Waals surface area (Å²) in [5, 5.41) is 127. The van der Waals surface area contributed by atoms with Crippen molar-refractivity contribution in [2.75, 3.05) is 6.54 Å². The SMILES string of the molecule is CC(C)C[C@H](C)C(=O)N[C@H]1C(=O)N[C@@H](CC(N)=O)C(=O)N[C@H]2C(=O)NC3C(=O)N[C@H](C(=O)N[C@@H](C(=O)O)c4cc(O)cc(O)c4-c4cc3ccc4O)[C@H](O)c3ccc(c(Cl)c3)Oc3cc2cc(c3OC2OC(CN=[N+]=[N-])C(O)C(O)C2OC2CC(C)(NCc3ccc(-c4ccc(Cl)cc4)cc3)C(O)C(C)O2)Oc2ccc(cc2Cl)[C@H]1O. The number of aliphatic hydroxyl groups excluding tert-OH is 5. The van der Waals surface area contributed by atoms with Crippen LogP contribution >= 0.6 is 34.8 Å². The predicted molar refractivity (Wildman–Crippen MR) is 412 cm³/mol. The minimum Gasteiger partial charge on any atom is -0.508 e. The number of aliphatic hydroxyl groups is 5. The molecule has 116 heavy (non-hydrogen) atoms. The van der Waals surface area contributed by atoms with E-state index in [1.54, 1.807) is 32.9 Å². The molecule has 14 rings (SSSR count). The van der Waals surface area contributed by atoms with Crippen molar-refractivity contribution in [3.63, 3.8) is 0 Å². The second-order valence-electron chi connectivity index (χ2n) is 29.5. The molecule has 7 aromatic carbocycles. The van der Waals surface area contributed by atoms with Crippen molar-refractivity contribution in [1.82, 2.24) is 37.2 Å². The van der Waals surface area contributed by atoms with E-state index in [2.05, 4.69) is 47.2 Å². The monoisotopic (exact) mass is 1660 g/mol. The van der Waals surface area contributed by atoms with Crippen molar-refractivity contribution >= 4 is 82.1 Å². The molecule has 11 bridgehead atoms. The van der Waals surface area contributed by atoms with Gasteiger partial charge >= 0.3 is 5.97 Å². The minimum atomic E-state index is -2.37. The average molecular weight is 1660 g/mol. The van der Waals surface area contributed by atoms with Crippen molar-refractivity contribution in [3.05, 3.63) is 186 Å². The van der Waals surface area contributed by atoms with Crippen LogP contribution in [0.25, 0.3) is 32.7 Å². The predicted octanol–water partition coefficient (Wildman–Crippen LogP) is 6.62. The molecule has 7 aromatic rings. The lowest BCUT2D eigenvalue weighted by molar-refractivity contribution is -0.331. The number of benzene rings is 7. The summed E-state index contributed by atoms with van der Waals surface area (Å²) >= 11 is 20.5. The van der Waals surface area contributed by atoms with Crippen LogP contribution in [0.1, 0.15) is 118 Å². The van der Waals surface area contributed by atoms with E-state index in [-0.39, 0.29) is 52.8 Å². The summed E-state index contributed by atoms with van der Waals surface area (Å²) in [5.74, 6) is -16.8. The first-order chi connectivity index (χ1) is 55.1. The maximum absolute atomic E-state index is 16.2. The van der Waals surface area contributed by atoms with Gasteiger partial charge in [0.15, 0.2) is 29.9 Å². The number of phenols is 3. The zero-order chi connectivity index (χ0) is 83.6. The first-order valence-electron chi connectivity index (χ1n) is 36.6. The summed E-state index contributed by atoms with van der Waals surface area (Å²) in [6, 6.07) is 15.3. The Morgan fingerprint density at radius 1 is 0.681 bits per heavy atom. The Hall–Kier alpha value is -11.1. The molecule has 18 atom stereocenters. The second-order valence-corrected chi connectivity index (χ2v) is 30.7. The third-order valence-electron chi connectivity index (χ3n) is 20.6. The number of amides is 7. The number of carboxylic acid groups (broad SMARTS) is 1. The van der Waals surface area contributed by atoms with Crippen LogP contribution in [0.5, 0.6) is 46.0 Å². The molecular formula is C79H82Cl3N11O23. The van der Waals surface area contributed by atoms with Gasteiger partial charge < -0.3 is 117 Å². The van der Waals surface area contributed by atoms with Crippen molar-refractivity contribution in [2.24, 2.45) is 22.7 Å². The molecular weight excluding hydrogens is 1580 g/mol. The number of azide groups is 1.